The van der Waals surface area contributed by atoms with Crippen molar-refractivity contribution in [2.45, 2.75) is 65.5 Å². The number of piperazine rings is 1. The van der Waals surface area contributed by atoms with Gasteiger partial charge in [0, 0.05) is 62.9 Å². The first-order valence-corrected chi connectivity index (χ1v) is 18.0. The number of amides is 2. The van der Waals surface area contributed by atoms with Crippen LogP contribution in [-0.4, -0.2) is 88.4 Å². The maximum absolute atomic E-state index is 14.7. The number of carbonyl (C=O) groups is 2. The summed E-state index contributed by atoms with van der Waals surface area (Å²) in [7, 11) is 0. The normalized spacial score (nSPS) is 16.1. The molecular weight excluding hydrogens is 612 g/mol. The molecule has 1 N–H and O–H groups in total. The number of hydrogen-bond donors (Lipinski definition) is 1. The van der Waals surface area contributed by atoms with Gasteiger partial charge in [-0.1, -0.05) is 69.2 Å². The van der Waals surface area contributed by atoms with E-state index in [0.29, 0.717) is 43.0 Å². The van der Waals surface area contributed by atoms with Gasteiger partial charge in [0.15, 0.2) is 5.69 Å². The lowest BCUT2D eigenvalue weighted by molar-refractivity contribution is 0.0544. The van der Waals surface area contributed by atoms with E-state index in [2.05, 4.69) is 66.1 Å². The van der Waals surface area contributed by atoms with E-state index in [1.54, 1.807) is 9.58 Å². The van der Waals surface area contributed by atoms with Gasteiger partial charge in [-0.2, -0.15) is 5.10 Å². The van der Waals surface area contributed by atoms with Crippen LogP contribution in [0.2, 0.25) is 0 Å². The predicted octanol–water partition coefficient (Wildman–Crippen LogP) is 6.11. The van der Waals surface area contributed by atoms with Crippen LogP contribution in [0.5, 0.6) is 0 Å². The van der Waals surface area contributed by atoms with E-state index >= 15 is 0 Å². The van der Waals surface area contributed by atoms with E-state index in [9.17, 15) is 14.7 Å². The highest BCUT2D eigenvalue weighted by Gasteiger charge is 2.32. The van der Waals surface area contributed by atoms with Gasteiger partial charge in [0.2, 0.25) is 0 Å². The summed E-state index contributed by atoms with van der Waals surface area (Å²) in [5.74, 6) is -0.221. The molecule has 1 atom stereocenters. The van der Waals surface area contributed by atoms with Crippen LogP contribution in [0.4, 0.5) is 11.4 Å². The second kappa shape index (κ2) is 15.7. The molecule has 3 heterocycles. The molecule has 6 rings (SSSR count). The van der Waals surface area contributed by atoms with E-state index in [4.69, 9.17) is 5.10 Å². The number of para-hydroxylation sites is 1. The fourth-order valence-corrected chi connectivity index (χ4v) is 7.08. The van der Waals surface area contributed by atoms with Crippen LogP contribution in [0.25, 0.3) is 5.69 Å². The highest BCUT2D eigenvalue weighted by atomic mass is 16.3. The van der Waals surface area contributed by atoms with Crippen molar-refractivity contribution in [1.29, 1.82) is 0 Å². The molecule has 1 aromatic heterocycles. The molecular formula is C40H50N6O3. The molecule has 0 saturated carbocycles. The minimum atomic E-state index is -0.338. The van der Waals surface area contributed by atoms with Gasteiger partial charge in [0.05, 0.1) is 23.9 Å². The smallest absolute Gasteiger partial charge is 0.274 e. The van der Waals surface area contributed by atoms with Crippen LogP contribution in [0.1, 0.15) is 77.2 Å². The summed E-state index contributed by atoms with van der Waals surface area (Å²) in [6.07, 6.45) is 4.51. The van der Waals surface area contributed by atoms with E-state index in [-0.39, 0.29) is 24.5 Å². The van der Waals surface area contributed by atoms with E-state index in [0.717, 1.165) is 74.4 Å². The molecule has 0 radical (unpaired) electrons. The Kier molecular flexibility index (Phi) is 11.0. The van der Waals surface area contributed by atoms with Crippen molar-refractivity contribution in [3.8, 4) is 5.69 Å². The number of fused-ring (bicyclic) bond motifs is 1. The third-order valence-electron chi connectivity index (χ3n) is 9.99. The number of rotatable bonds is 12. The summed E-state index contributed by atoms with van der Waals surface area (Å²) in [6.45, 7) is 11.3. The zero-order chi connectivity index (χ0) is 34.3. The number of anilines is 2. The third-order valence-corrected chi connectivity index (χ3v) is 9.99. The van der Waals surface area contributed by atoms with E-state index < -0.39 is 0 Å². The summed E-state index contributed by atoms with van der Waals surface area (Å²) >= 11 is 0. The van der Waals surface area contributed by atoms with Gasteiger partial charge in [0.25, 0.3) is 11.8 Å². The molecule has 9 nitrogen and oxygen atoms in total. The minimum absolute atomic E-state index is 0.0717. The van der Waals surface area contributed by atoms with Crippen LogP contribution in [-0.2, 0) is 13.0 Å². The van der Waals surface area contributed by atoms with Gasteiger partial charge in [-0.15, -0.1) is 0 Å². The van der Waals surface area contributed by atoms with Crippen molar-refractivity contribution < 1.29 is 14.7 Å². The van der Waals surface area contributed by atoms with Crippen molar-refractivity contribution in [3.63, 3.8) is 0 Å². The monoisotopic (exact) mass is 662 g/mol. The van der Waals surface area contributed by atoms with Crippen LogP contribution in [0.15, 0.2) is 78.9 Å². The molecule has 3 aromatic carbocycles. The summed E-state index contributed by atoms with van der Waals surface area (Å²) in [5, 5.41) is 15.3. The summed E-state index contributed by atoms with van der Waals surface area (Å²) in [5.41, 5.74) is 6.78. The molecule has 2 aliphatic heterocycles. The molecule has 0 aliphatic carbocycles. The molecule has 258 valence electrons. The van der Waals surface area contributed by atoms with Gasteiger partial charge >= 0.3 is 0 Å². The molecule has 1 saturated heterocycles. The van der Waals surface area contributed by atoms with Gasteiger partial charge in [-0.05, 0) is 73.7 Å². The van der Waals surface area contributed by atoms with Crippen molar-refractivity contribution >= 4 is 23.2 Å². The number of aliphatic hydroxyl groups excluding tert-OH is 1. The Balaban J connectivity index is 1.34. The number of benzene rings is 3. The lowest BCUT2D eigenvalue weighted by atomic mass is 9.93. The molecule has 2 amide bonds. The average molecular weight is 663 g/mol. The van der Waals surface area contributed by atoms with Crippen molar-refractivity contribution in [2.75, 3.05) is 55.7 Å². The van der Waals surface area contributed by atoms with Crippen LogP contribution in [0.3, 0.4) is 0 Å². The Hall–Kier alpha value is -4.63. The number of carbonyl (C=O) groups excluding carboxylic acids is 2. The predicted molar refractivity (Wildman–Crippen MR) is 196 cm³/mol. The average Bonchev–Trinajstić information content (AvgIpc) is 3.55. The van der Waals surface area contributed by atoms with Gasteiger partial charge in [-0.3, -0.25) is 9.59 Å². The lowest BCUT2D eigenvalue weighted by Gasteiger charge is -2.38. The largest absolute Gasteiger partial charge is 0.394 e. The van der Waals surface area contributed by atoms with Crippen molar-refractivity contribution in [3.05, 3.63) is 107 Å². The standard InChI is InChI=1S/C40H50N6O3/c1-4-6-19-44(20-7-5-2)40(49)37-25-30(3)46(41-37)38-18-17-34(43-23-21-42(22-24-43)33-15-9-8-10-16-33)27-36(38)39(48)45-28-32-14-12-11-13-31(32)26-35(45)29-47/h8-18,25,27,35,47H,4-7,19-24,26,28-29H2,1-3H3/t35-/m0/s1. The number of aryl methyl sites for hydroxylation is 1. The Morgan fingerprint density at radius 1 is 0.816 bits per heavy atom. The molecule has 49 heavy (non-hydrogen) atoms. The van der Waals surface area contributed by atoms with Crippen LogP contribution < -0.4 is 9.80 Å². The Morgan fingerprint density at radius 3 is 2.10 bits per heavy atom. The lowest BCUT2D eigenvalue weighted by Crippen LogP contribution is -2.47. The molecule has 4 aromatic rings. The van der Waals surface area contributed by atoms with Gasteiger partial charge in [0.1, 0.15) is 0 Å². The number of aromatic nitrogens is 2. The quantitative estimate of drug-likeness (QED) is 0.197. The first kappa shape index (κ1) is 34.2. The van der Waals surface area contributed by atoms with E-state index in [1.165, 1.54) is 5.69 Å². The Labute approximate surface area is 290 Å². The highest BCUT2D eigenvalue weighted by molar-refractivity contribution is 5.99. The summed E-state index contributed by atoms with van der Waals surface area (Å²) in [4.78, 5) is 36.9. The second-order valence-corrected chi connectivity index (χ2v) is 13.3. The van der Waals surface area contributed by atoms with Gasteiger partial charge < -0.3 is 24.7 Å². The topological polar surface area (TPSA) is 85.2 Å². The molecule has 0 spiro atoms. The number of nitrogens with zero attached hydrogens (tertiary/aromatic N) is 6. The number of unbranched alkanes of at least 4 members (excludes halogenated alkanes) is 2. The first-order chi connectivity index (χ1) is 23.9. The van der Waals surface area contributed by atoms with Crippen molar-refractivity contribution in [2.24, 2.45) is 0 Å². The molecule has 1 fully saturated rings. The maximum Gasteiger partial charge on any atom is 0.274 e. The van der Waals surface area contributed by atoms with Crippen molar-refractivity contribution in [1.82, 2.24) is 19.6 Å². The first-order valence-electron chi connectivity index (χ1n) is 18.0. The molecule has 2 aliphatic rings. The Morgan fingerprint density at radius 2 is 1.45 bits per heavy atom. The van der Waals surface area contributed by atoms with Crippen LogP contribution >= 0.6 is 0 Å². The molecule has 0 bridgehead atoms. The highest BCUT2D eigenvalue weighted by Crippen LogP contribution is 2.30. The Bertz CT molecular complexity index is 1720. The zero-order valence-corrected chi connectivity index (χ0v) is 29.2. The summed E-state index contributed by atoms with van der Waals surface area (Å²) < 4.78 is 1.75. The fraction of sp³-hybridized carbons (Fsp3) is 0.425. The summed E-state index contributed by atoms with van der Waals surface area (Å²) in [6, 6.07) is 26.1. The van der Waals surface area contributed by atoms with Gasteiger partial charge in [-0.25, -0.2) is 4.68 Å². The number of aliphatic hydroxyl groups is 1. The maximum atomic E-state index is 14.7. The third kappa shape index (κ3) is 7.52. The minimum Gasteiger partial charge on any atom is -0.394 e. The number of hydrogen-bond acceptors (Lipinski definition) is 6. The van der Waals surface area contributed by atoms with Crippen LogP contribution in [0, 0.1) is 6.92 Å². The second-order valence-electron chi connectivity index (χ2n) is 13.3. The SMILES string of the molecule is CCCCN(CCCC)C(=O)c1cc(C)n(-c2ccc(N3CCN(c4ccccc4)CC3)cc2C(=O)N2Cc3ccccc3C[C@H]2CO)n1. The molecule has 0 unspecified atom stereocenters. The fourth-order valence-electron chi connectivity index (χ4n) is 7.08. The van der Waals surface area contributed by atoms with E-state index in [1.807, 2.05) is 48.2 Å². The molecule has 9 heteroatoms. The zero-order valence-electron chi connectivity index (χ0n) is 29.2.